The van der Waals surface area contributed by atoms with E-state index in [1.54, 1.807) is 10.9 Å². The smallest absolute Gasteiger partial charge is 0.221 e. The summed E-state index contributed by atoms with van der Waals surface area (Å²) in [4.78, 5) is 11.6. The van der Waals surface area contributed by atoms with Crippen LogP contribution >= 0.6 is 0 Å². The van der Waals surface area contributed by atoms with Crippen LogP contribution in [0.1, 0.15) is 32.1 Å². The lowest BCUT2D eigenvalue weighted by atomic mass is 10.0. The van der Waals surface area contributed by atoms with Gasteiger partial charge in [0, 0.05) is 31.9 Å². The van der Waals surface area contributed by atoms with Crippen LogP contribution in [-0.4, -0.2) is 33.4 Å². The van der Waals surface area contributed by atoms with Crippen molar-refractivity contribution in [2.24, 2.45) is 5.92 Å². The van der Waals surface area contributed by atoms with Gasteiger partial charge in [-0.05, 0) is 24.8 Å². The Morgan fingerprint density at radius 1 is 1.50 bits per heavy atom. The van der Waals surface area contributed by atoms with Gasteiger partial charge in [0.25, 0.3) is 0 Å². The fourth-order valence-electron chi connectivity index (χ4n) is 2.46. The van der Waals surface area contributed by atoms with Crippen molar-refractivity contribution in [2.45, 2.75) is 44.8 Å². The first-order valence-corrected chi connectivity index (χ1v) is 6.68. The Morgan fingerprint density at radius 2 is 2.28 bits per heavy atom. The van der Waals surface area contributed by atoms with E-state index in [0.29, 0.717) is 25.4 Å². The molecule has 5 nitrogen and oxygen atoms in total. The molecule has 1 atom stereocenters. The molecule has 0 aromatic carbocycles. The maximum Gasteiger partial charge on any atom is 0.221 e. The van der Waals surface area contributed by atoms with Crippen LogP contribution in [0.5, 0.6) is 0 Å². The van der Waals surface area contributed by atoms with Gasteiger partial charge in [-0.3, -0.25) is 9.48 Å². The predicted molar refractivity (Wildman–Crippen MR) is 67.8 cm³/mol. The van der Waals surface area contributed by atoms with E-state index in [1.807, 2.05) is 12.3 Å². The Labute approximate surface area is 107 Å². The molecular formula is C13H21N3O2. The first kappa shape index (κ1) is 13.1. The average Bonchev–Trinajstić information content (AvgIpc) is 3.05. The molecule has 0 bridgehead atoms. The van der Waals surface area contributed by atoms with Gasteiger partial charge in [0.05, 0.1) is 6.10 Å². The second-order valence-corrected chi connectivity index (χ2v) is 4.94. The molecule has 1 heterocycles. The minimum absolute atomic E-state index is 0.0254. The molecule has 2 N–H and O–H groups in total. The Kier molecular flexibility index (Phi) is 4.75. The number of nitrogens with zero attached hydrogens (tertiary/aromatic N) is 2. The molecular weight excluding hydrogens is 230 g/mol. The average molecular weight is 251 g/mol. The van der Waals surface area contributed by atoms with Crippen LogP contribution in [0.4, 0.5) is 0 Å². The van der Waals surface area contributed by atoms with E-state index in [0.717, 1.165) is 12.8 Å². The lowest BCUT2D eigenvalue weighted by molar-refractivity contribution is -0.122. The van der Waals surface area contributed by atoms with Gasteiger partial charge in [-0.25, -0.2) is 0 Å². The van der Waals surface area contributed by atoms with Crippen LogP contribution in [0.25, 0.3) is 0 Å². The zero-order valence-electron chi connectivity index (χ0n) is 10.6. The number of hydrogen-bond donors (Lipinski definition) is 2. The lowest BCUT2D eigenvalue weighted by Crippen LogP contribution is -2.35. The molecule has 1 saturated carbocycles. The van der Waals surface area contributed by atoms with Gasteiger partial charge in [-0.2, -0.15) is 5.10 Å². The maximum atomic E-state index is 11.6. The van der Waals surface area contributed by atoms with E-state index in [9.17, 15) is 9.90 Å². The van der Waals surface area contributed by atoms with Gasteiger partial charge < -0.3 is 10.4 Å². The van der Waals surface area contributed by atoms with Gasteiger partial charge >= 0.3 is 0 Å². The number of aryl methyl sites for hydroxylation is 1. The number of carbonyl (C=O) groups excluding carboxylic acids is 1. The third kappa shape index (κ3) is 3.84. The fraction of sp³-hybridized carbons (Fsp3) is 0.692. The van der Waals surface area contributed by atoms with E-state index in [-0.39, 0.29) is 12.0 Å². The molecule has 100 valence electrons. The lowest BCUT2D eigenvalue weighted by Gasteiger charge is -2.18. The Hall–Kier alpha value is -1.36. The standard InChI is InChI=1S/C13H21N3O2/c17-12(11-4-1-2-5-11)10-14-13(18)6-9-16-8-3-7-15-16/h3,7-8,11-12,17H,1-2,4-6,9-10H2,(H,14,18). The van der Waals surface area contributed by atoms with Gasteiger partial charge in [0.1, 0.15) is 0 Å². The highest BCUT2D eigenvalue weighted by molar-refractivity contribution is 5.75. The number of aliphatic hydroxyl groups is 1. The number of aromatic nitrogens is 2. The molecule has 1 aromatic rings. The van der Waals surface area contributed by atoms with E-state index >= 15 is 0 Å². The van der Waals surface area contributed by atoms with E-state index in [1.165, 1.54) is 12.8 Å². The fourth-order valence-corrected chi connectivity index (χ4v) is 2.46. The summed E-state index contributed by atoms with van der Waals surface area (Å²) >= 11 is 0. The number of nitrogens with one attached hydrogen (secondary N) is 1. The largest absolute Gasteiger partial charge is 0.391 e. The summed E-state index contributed by atoms with van der Waals surface area (Å²) < 4.78 is 1.73. The Bertz CT molecular complexity index is 358. The van der Waals surface area contributed by atoms with Crippen molar-refractivity contribution in [3.05, 3.63) is 18.5 Å². The molecule has 1 aromatic heterocycles. The van der Waals surface area contributed by atoms with Crippen LogP contribution < -0.4 is 5.32 Å². The molecule has 1 aliphatic carbocycles. The number of aliphatic hydroxyl groups excluding tert-OH is 1. The predicted octanol–water partition coefficient (Wildman–Crippen LogP) is 0.940. The summed E-state index contributed by atoms with van der Waals surface area (Å²) in [5.41, 5.74) is 0. The second kappa shape index (κ2) is 6.54. The molecule has 0 spiro atoms. The Balaban J connectivity index is 1.62. The van der Waals surface area contributed by atoms with Crippen LogP contribution in [0.15, 0.2) is 18.5 Å². The highest BCUT2D eigenvalue weighted by Gasteiger charge is 2.23. The highest BCUT2D eigenvalue weighted by Crippen LogP contribution is 2.27. The Morgan fingerprint density at radius 3 is 2.94 bits per heavy atom. The van der Waals surface area contributed by atoms with Crippen molar-refractivity contribution in [1.29, 1.82) is 0 Å². The molecule has 1 unspecified atom stereocenters. The third-order valence-corrected chi connectivity index (χ3v) is 3.58. The first-order chi connectivity index (χ1) is 8.75. The summed E-state index contributed by atoms with van der Waals surface area (Å²) in [7, 11) is 0. The third-order valence-electron chi connectivity index (χ3n) is 3.58. The van der Waals surface area contributed by atoms with Gasteiger partial charge in [0.2, 0.25) is 5.91 Å². The van der Waals surface area contributed by atoms with Gasteiger partial charge in [0.15, 0.2) is 0 Å². The molecule has 5 heteroatoms. The topological polar surface area (TPSA) is 67.2 Å². The molecule has 1 aliphatic rings. The first-order valence-electron chi connectivity index (χ1n) is 6.68. The van der Waals surface area contributed by atoms with Crippen molar-refractivity contribution in [3.63, 3.8) is 0 Å². The monoisotopic (exact) mass is 251 g/mol. The number of amides is 1. The van der Waals surface area contributed by atoms with E-state index < -0.39 is 0 Å². The van der Waals surface area contributed by atoms with Crippen LogP contribution in [-0.2, 0) is 11.3 Å². The van der Waals surface area contributed by atoms with Gasteiger partial charge in [-0.15, -0.1) is 0 Å². The minimum atomic E-state index is -0.388. The zero-order valence-corrected chi connectivity index (χ0v) is 10.6. The minimum Gasteiger partial charge on any atom is -0.391 e. The van der Waals surface area contributed by atoms with Crippen LogP contribution in [0.2, 0.25) is 0 Å². The summed E-state index contributed by atoms with van der Waals surface area (Å²) in [6.07, 6.45) is 8.13. The SMILES string of the molecule is O=C(CCn1cccn1)NCC(O)C1CCCC1. The summed E-state index contributed by atoms with van der Waals surface area (Å²) in [6.45, 7) is 0.959. The van der Waals surface area contributed by atoms with Crippen molar-refractivity contribution in [1.82, 2.24) is 15.1 Å². The molecule has 0 saturated heterocycles. The zero-order chi connectivity index (χ0) is 12.8. The van der Waals surface area contributed by atoms with Crippen LogP contribution in [0, 0.1) is 5.92 Å². The number of rotatable bonds is 6. The summed E-state index contributed by atoms with van der Waals surface area (Å²) in [5, 5.41) is 16.7. The second-order valence-electron chi connectivity index (χ2n) is 4.94. The van der Waals surface area contributed by atoms with Gasteiger partial charge in [-0.1, -0.05) is 12.8 Å². The number of carbonyl (C=O) groups is 1. The van der Waals surface area contributed by atoms with Crippen molar-refractivity contribution >= 4 is 5.91 Å². The highest BCUT2D eigenvalue weighted by atomic mass is 16.3. The molecule has 1 fully saturated rings. The maximum absolute atomic E-state index is 11.6. The molecule has 18 heavy (non-hydrogen) atoms. The van der Waals surface area contributed by atoms with Crippen molar-refractivity contribution in [3.8, 4) is 0 Å². The summed E-state index contributed by atoms with van der Waals surface area (Å²) in [6, 6.07) is 1.84. The molecule has 0 radical (unpaired) electrons. The van der Waals surface area contributed by atoms with Crippen molar-refractivity contribution < 1.29 is 9.90 Å². The summed E-state index contributed by atoms with van der Waals surface area (Å²) in [5.74, 6) is 0.346. The van der Waals surface area contributed by atoms with E-state index in [2.05, 4.69) is 10.4 Å². The van der Waals surface area contributed by atoms with E-state index in [4.69, 9.17) is 0 Å². The molecule has 1 amide bonds. The van der Waals surface area contributed by atoms with Crippen LogP contribution in [0.3, 0.4) is 0 Å². The van der Waals surface area contributed by atoms with Crippen molar-refractivity contribution in [2.75, 3.05) is 6.54 Å². The quantitative estimate of drug-likeness (QED) is 0.790. The normalized spacial score (nSPS) is 17.8. The molecule has 0 aliphatic heterocycles. The number of hydrogen-bond acceptors (Lipinski definition) is 3. The molecule has 2 rings (SSSR count).